The smallest absolute Gasteiger partial charge is 0.256 e. The quantitative estimate of drug-likeness (QED) is 0.460. The van der Waals surface area contributed by atoms with Crippen molar-refractivity contribution in [1.82, 2.24) is 20.5 Å². The largest absolute Gasteiger partial charge is 0.494 e. The van der Waals surface area contributed by atoms with E-state index in [0.717, 1.165) is 41.2 Å². The molecular formula is C25H28N4O2S. The lowest BCUT2D eigenvalue weighted by Gasteiger charge is -2.37. The third-order valence-electron chi connectivity index (χ3n) is 6.26. The van der Waals surface area contributed by atoms with Crippen molar-refractivity contribution < 1.29 is 9.53 Å². The molecule has 0 spiro atoms. The molecule has 32 heavy (non-hydrogen) atoms. The van der Waals surface area contributed by atoms with Gasteiger partial charge in [-0.1, -0.05) is 25.5 Å². The van der Waals surface area contributed by atoms with Gasteiger partial charge >= 0.3 is 0 Å². The molecule has 6 nitrogen and oxygen atoms in total. The van der Waals surface area contributed by atoms with Gasteiger partial charge in [0.15, 0.2) is 5.82 Å². The van der Waals surface area contributed by atoms with E-state index in [-0.39, 0.29) is 5.91 Å². The fourth-order valence-corrected chi connectivity index (χ4v) is 5.48. The zero-order valence-electron chi connectivity index (χ0n) is 18.5. The standard InChI is InChI=1S/C25H28N4O2S/c1-3-4-13-31-18-9-7-17(8-10-18)25(2)14-19(21-12-11-20(32-21)16-5-6-16)22(24(30)28-25)23-26-15-27-29-23/h7-12,15-16H,3-6,13-14H2,1-2H3,(H,28,30)(H,26,27,29). The number of thiophene rings is 1. The highest BCUT2D eigenvalue weighted by Crippen LogP contribution is 2.47. The molecule has 2 N–H and O–H groups in total. The summed E-state index contributed by atoms with van der Waals surface area (Å²) in [5, 5.41) is 10.1. The molecule has 1 atom stereocenters. The zero-order valence-corrected chi connectivity index (χ0v) is 19.3. The van der Waals surface area contributed by atoms with E-state index in [2.05, 4.69) is 58.6 Å². The summed E-state index contributed by atoms with van der Waals surface area (Å²) in [7, 11) is 0. The lowest BCUT2D eigenvalue weighted by molar-refractivity contribution is -0.117. The van der Waals surface area contributed by atoms with E-state index in [1.54, 1.807) is 11.3 Å². The van der Waals surface area contributed by atoms with E-state index in [4.69, 9.17) is 4.74 Å². The van der Waals surface area contributed by atoms with E-state index in [1.807, 2.05) is 12.1 Å². The molecule has 1 aliphatic heterocycles. The number of hydrogen-bond donors (Lipinski definition) is 2. The Kier molecular flexibility index (Phi) is 5.59. The van der Waals surface area contributed by atoms with Crippen molar-refractivity contribution in [3.8, 4) is 5.75 Å². The summed E-state index contributed by atoms with van der Waals surface area (Å²) < 4.78 is 5.82. The van der Waals surface area contributed by atoms with Gasteiger partial charge in [-0.25, -0.2) is 4.98 Å². The predicted molar refractivity (Wildman–Crippen MR) is 126 cm³/mol. The van der Waals surface area contributed by atoms with Crippen molar-refractivity contribution in [3.05, 3.63) is 63.9 Å². The minimum Gasteiger partial charge on any atom is -0.494 e. The second-order valence-electron chi connectivity index (χ2n) is 8.85. The van der Waals surface area contributed by atoms with Crippen molar-refractivity contribution >= 4 is 28.4 Å². The molecule has 1 fully saturated rings. The number of amides is 1. The van der Waals surface area contributed by atoms with Crippen molar-refractivity contribution in [2.45, 2.75) is 57.4 Å². The number of hydrogen-bond acceptors (Lipinski definition) is 5. The lowest BCUT2D eigenvalue weighted by atomic mass is 9.80. The third kappa shape index (κ3) is 4.09. The summed E-state index contributed by atoms with van der Waals surface area (Å²) in [5.74, 6) is 1.93. The number of unbranched alkanes of at least 4 members (excludes halogenated alkanes) is 1. The van der Waals surface area contributed by atoms with Gasteiger partial charge in [0.25, 0.3) is 5.91 Å². The van der Waals surface area contributed by atoms with Crippen LogP contribution >= 0.6 is 11.3 Å². The fourth-order valence-electron chi connectivity index (χ4n) is 4.25. The topological polar surface area (TPSA) is 79.9 Å². The maximum Gasteiger partial charge on any atom is 0.256 e. The molecule has 0 saturated heterocycles. The molecule has 5 rings (SSSR count). The average Bonchev–Trinajstić information content (AvgIpc) is 3.28. The van der Waals surface area contributed by atoms with Gasteiger partial charge in [-0.05, 0) is 67.5 Å². The van der Waals surface area contributed by atoms with E-state index in [9.17, 15) is 4.79 Å². The number of benzene rings is 1. The highest BCUT2D eigenvalue weighted by atomic mass is 32.1. The maximum absolute atomic E-state index is 13.4. The minimum atomic E-state index is -0.526. The summed E-state index contributed by atoms with van der Waals surface area (Å²) in [5.41, 5.74) is 2.14. The molecule has 1 unspecified atom stereocenters. The van der Waals surface area contributed by atoms with Crippen LogP contribution < -0.4 is 10.1 Å². The number of H-pyrrole nitrogens is 1. The van der Waals surface area contributed by atoms with Gasteiger partial charge in [-0.15, -0.1) is 11.3 Å². The highest BCUT2D eigenvalue weighted by molar-refractivity contribution is 7.13. The molecule has 0 bridgehead atoms. The molecule has 2 aliphatic rings. The number of nitrogens with zero attached hydrogens (tertiary/aromatic N) is 2. The summed E-state index contributed by atoms with van der Waals surface area (Å²) in [4.78, 5) is 20.2. The molecular weight excluding hydrogens is 420 g/mol. The molecule has 1 saturated carbocycles. The second-order valence-corrected chi connectivity index (χ2v) is 9.97. The van der Waals surface area contributed by atoms with Crippen LogP contribution in [0.15, 0.2) is 42.7 Å². The van der Waals surface area contributed by atoms with Gasteiger partial charge < -0.3 is 10.1 Å². The van der Waals surface area contributed by atoms with Gasteiger partial charge in [-0.3, -0.25) is 9.89 Å². The monoisotopic (exact) mass is 448 g/mol. The van der Waals surface area contributed by atoms with E-state index in [0.29, 0.717) is 23.7 Å². The van der Waals surface area contributed by atoms with Crippen LogP contribution in [0.1, 0.15) is 73.0 Å². The normalized spacial score (nSPS) is 21.0. The number of nitrogens with one attached hydrogen (secondary N) is 2. The average molecular weight is 449 g/mol. The van der Waals surface area contributed by atoms with Crippen LogP contribution in [0.4, 0.5) is 0 Å². The second kappa shape index (κ2) is 8.54. The molecule has 7 heteroatoms. The first-order chi connectivity index (χ1) is 15.6. The van der Waals surface area contributed by atoms with Crippen LogP contribution in [-0.4, -0.2) is 27.7 Å². The number of carbonyl (C=O) groups excluding carboxylic acids is 1. The third-order valence-corrected chi connectivity index (χ3v) is 7.57. The summed E-state index contributed by atoms with van der Waals surface area (Å²) in [6, 6.07) is 12.5. The van der Waals surface area contributed by atoms with Crippen molar-refractivity contribution in [2.24, 2.45) is 0 Å². The van der Waals surface area contributed by atoms with Gasteiger partial charge in [0.05, 0.1) is 17.7 Å². The molecule has 3 heterocycles. The van der Waals surface area contributed by atoms with Crippen LogP contribution in [0.5, 0.6) is 5.75 Å². The molecule has 2 aromatic heterocycles. The number of ether oxygens (including phenoxy) is 1. The van der Waals surface area contributed by atoms with Crippen LogP contribution in [0.3, 0.4) is 0 Å². The molecule has 3 aromatic rings. The van der Waals surface area contributed by atoms with Crippen molar-refractivity contribution in [3.63, 3.8) is 0 Å². The summed E-state index contributed by atoms with van der Waals surface area (Å²) in [6.07, 6.45) is 6.79. The molecule has 1 aliphatic carbocycles. The summed E-state index contributed by atoms with van der Waals surface area (Å²) in [6.45, 7) is 4.96. The van der Waals surface area contributed by atoms with Crippen molar-refractivity contribution in [2.75, 3.05) is 6.61 Å². The molecule has 0 radical (unpaired) electrons. The van der Waals surface area contributed by atoms with Crippen LogP contribution in [0.25, 0.3) is 11.1 Å². The molecule has 1 amide bonds. The Labute approximate surface area is 192 Å². The Balaban J connectivity index is 1.49. The maximum atomic E-state index is 13.4. The zero-order chi connectivity index (χ0) is 22.1. The Morgan fingerprint density at radius 1 is 1.19 bits per heavy atom. The highest BCUT2D eigenvalue weighted by Gasteiger charge is 2.39. The predicted octanol–water partition coefficient (Wildman–Crippen LogP) is 5.27. The Hall–Kier alpha value is -2.93. The first-order valence-electron chi connectivity index (χ1n) is 11.3. The van der Waals surface area contributed by atoms with Crippen molar-refractivity contribution in [1.29, 1.82) is 0 Å². The number of carbonyl (C=O) groups is 1. The lowest BCUT2D eigenvalue weighted by Crippen LogP contribution is -2.47. The Morgan fingerprint density at radius 3 is 2.69 bits per heavy atom. The van der Waals surface area contributed by atoms with E-state index in [1.165, 1.54) is 24.0 Å². The number of rotatable bonds is 8. The molecule has 1 aromatic carbocycles. The SMILES string of the molecule is CCCCOc1ccc(C2(C)CC(c3ccc(C4CC4)s3)=C(c3ncn[nH]3)C(=O)N2)cc1. The van der Waals surface area contributed by atoms with Crippen LogP contribution in [-0.2, 0) is 10.3 Å². The number of aromatic amines is 1. The Morgan fingerprint density at radius 2 is 2.00 bits per heavy atom. The first kappa shape index (κ1) is 20.9. The first-order valence-corrected chi connectivity index (χ1v) is 12.1. The number of aromatic nitrogens is 3. The van der Waals surface area contributed by atoms with Gasteiger partial charge in [0.2, 0.25) is 0 Å². The Bertz CT molecular complexity index is 1130. The van der Waals surface area contributed by atoms with E-state index < -0.39 is 5.54 Å². The van der Waals surface area contributed by atoms with Crippen LogP contribution in [0.2, 0.25) is 0 Å². The minimum absolute atomic E-state index is 0.129. The van der Waals surface area contributed by atoms with Gasteiger partial charge in [-0.2, -0.15) is 5.10 Å². The van der Waals surface area contributed by atoms with Gasteiger partial charge in [0, 0.05) is 16.2 Å². The fraction of sp³-hybridized carbons (Fsp3) is 0.400. The van der Waals surface area contributed by atoms with Crippen LogP contribution in [0, 0.1) is 0 Å². The van der Waals surface area contributed by atoms with Gasteiger partial charge in [0.1, 0.15) is 12.1 Å². The molecule has 166 valence electrons. The van der Waals surface area contributed by atoms with E-state index >= 15 is 0 Å². The summed E-state index contributed by atoms with van der Waals surface area (Å²) >= 11 is 1.80.